The van der Waals surface area contributed by atoms with Crippen molar-refractivity contribution in [2.45, 2.75) is 48.6 Å². The van der Waals surface area contributed by atoms with Crippen molar-refractivity contribution in [3.05, 3.63) is 95.3 Å². The van der Waals surface area contributed by atoms with Gasteiger partial charge >= 0.3 is 177 Å². The quantitative estimate of drug-likeness (QED) is 0.00828. The van der Waals surface area contributed by atoms with Crippen LogP contribution in [0.2, 0.25) is 0 Å². The minimum Gasteiger partial charge on any atom is -0.744 e. The maximum Gasteiger partial charge on any atom is 1.00 e. The maximum absolute atomic E-state index is 12.7. The van der Waals surface area contributed by atoms with Gasteiger partial charge in [-0.3, -0.25) is 20.5 Å². The Kier molecular flexibility index (Phi) is 37.0. The average Bonchev–Trinajstić information content (AvgIpc) is 3.34. The molecule has 0 saturated carbocycles. The first-order chi connectivity index (χ1) is 35.8. The molecule has 0 fully saturated rings. The summed E-state index contributed by atoms with van der Waals surface area (Å²) in [5.41, 5.74) is -0.445. The van der Waals surface area contributed by atoms with Crippen molar-refractivity contribution in [3.63, 3.8) is 0 Å². The molecule has 2 heterocycles. The molecular formula is C37H33N11Na6O22S6. The fourth-order valence-electron chi connectivity index (χ4n) is 6.63. The fraction of sp³-hybridized carbons (Fsp3) is 0.189. The van der Waals surface area contributed by atoms with Crippen LogP contribution in [0, 0.1) is 0 Å². The van der Waals surface area contributed by atoms with Crippen molar-refractivity contribution in [1.82, 2.24) is 29.9 Å². The van der Waals surface area contributed by atoms with Gasteiger partial charge in [0.25, 0.3) is 5.95 Å². The van der Waals surface area contributed by atoms with E-state index in [1.807, 2.05) is 0 Å². The summed E-state index contributed by atoms with van der Waals surface area (Å²) in [4.78, 5) is 21.9. The number of aliphatic hydroxyl groups excluding tert-OH is 2. The van der Waals surface area contributed by atoms with E-state index < -0.39 is 114 Å². The number of anilines is 8. The van der Waals surface area contributed by atoms with Crippen LogP contribution in [0.1, 0.15) is 22.5 Å². The first-order valence-electron chi connectivity index (χ1n) is 20.4. The van der Waals surface area contributed by atoms with Crippen LogP contribution in [0.25, 0.3) is 0 Å². The molecule has 6 rings (SSSR count). The summed E-state index contributed by atoms with van der Waals surface area (Å²) >= 11 is 0.691. The fourth-order valence-corrected chi connectivity index (χ4v) is 10.3. The van der Waals surface area contributed by atoms with Gasteiger partial charge in [0, 0.05) is 35.0 Å². The van der Waals surface area contributed by atoms with Crippen LogP contribution in [0.5, 0.6) is 0 Å². The van der Waals surface area contributed by atoms with E-state index >= 15 is 0 Å². The van der Waals surface area contributed by atoms with Crippen LogP contribution >= 0.6 is 24.1 Å². The van der Waals surface area contributed by atoms with Gasteiger partial charge in [0.2, 0.25) is 23.8 Å². The molecule has 0 spiro atoms. The van der Waals surface area contributed by atoms with Gasteiger partial charge in [-0.25, -0.2) is 33.7 Å². The van der Waals surface area contributed by atoms with Gasteiger partial charge in [-0.05, 0) is 84.1 Å². The normalized spacial score (nSPS) is 11.2. The van der Waals surface area contributed by atoms with Crippen molar-refractivity contribution < 1.29 is 279 Å². The van der Waals surface area contributed by atoms with E-state index in [0.717, 1.165) is 30.3 Å². The van der Waals surface area contributed by atoms with Gasteiger partial charge in [0.05, 0.1) is 68.3 Å². The van der Waals surface area contributed by atoms with Crippen LogP contribution in [-0.4, -0.2) is 129 Å². The molecule has 7 N–H and O–H groups in total. The van der Waals surface area contributed by atoms with E-state index in [1.165, 1.54) is 41.3 Å². The third-order valence-electron chi connectivity index (χ3n) is 9.78. The van der Waals surface area contributed by atoms with E-state index in [9.17, 15) is 83.0 Å². The first kappa shape index (κ1) is 81.8. The Morgan fingerprint density at radius 2 is 1.04 bits per heavy atom. The Balaban J connectivity index is 0.0000109. The largest absolute Gasteiger partial charge is 1.00 e. The minimum atomic E-state index is -5.43. The van der Waals surface area contributed by atoms with Crippen LogP contribution < -0.4 is 214 Å². The second-order valence-electron chi connectivity index (χ2n) is 14.8. The summed E-state index contributed by atoms with van der Waals surface area (Å²) < 4.78 is 154. The van der Waals surface area contributed by atoms with E-state index in [1.54, 1.807) is 0 Å². The smallest absolute Gasteiger partial charge is 0.744 e. The van der Waals surface area contributed by atoms with Crippen molar-refractivity contribution in [1.29, 1.82) is 0 Å². The maximum atomic E-state index is 12.7. The van der Waals surface area contributed by atoms with Crippen molar-refractivity contribution >= 4 is 111 Å². The summed E-state index contributed by atoms with van der Waals surface area (Å²) in [6.45, 7) is -1.19. The molecule has 0 saturated heterocycles. The molecule has 0 atom stereocenters. The Morgan fingerprint density at radius 3 is 1.59 bits per heavy atom. The topological polar surface area (TPSA) is 513 Å². The number of hydrogen-bond acceptors (Lipinski definition) is 35. The zero-order valence-electron chi connectivity index (χ0n) is 43.5. The summed E-state index contributed by atoms with van der Waals surface area (Å²) in [6, 6.07) is 12.8. The van der Waals surface area contributed by atoms with Gasteiger partial charge in [0.1, 0.15) is 46.3 Å². The standard InChI is InChI=1S/C37H39N11O22S6.6Na/c49-13-11-47(12-14-50)36-42-32(41-34(44-36)39-27-10-8-25(73(55,56)57)19-31(27)76(64,65)66)16-20-1-2-21(28(15-20)72-70-68-54)3-4-22-5-6-23(17-29(22)74(58,59)60)38-33-43-35(46-37(45-33)48(51)52)40-26-9-7-24(71-69-67-53)18-30(26)75(61,62)63;;;;;;/h1-2,5-10,15,17-19,49-54H,3-4,11-14,16H2,(H,55,56,57)(H,58,59,60)(H,61,62,63)(H,64,65,66)(H,39,41,42,44)(H2,38,40,43,45,46);;;;;;/q;6*+1/p-6. The number of hydrogen-bond donors (Lipinski definition) is 7. The van der Waals surface area contributed by atoms with E-state index in [4.69, 9.17) is 0 Å². The zero-order chi connectivity index (χ0) is 55.6. The van der Waals surface area contributed by atoms with Gasteiger partial charge in [0.15, 0.2) is 0 Å². The molecule has 0 unspecified atom stereocenters. The molecule has 33 nitrogen and oxygen atoms in total. The molecule has 82 heavy (non-hydrogen) atoms. The minimum absolute atomic E-state index is 0. The predicted molar refractivity (Wildman–Crippen MR) is 246 cm³/mol. The molecule has 6 aromatic rings. The second-order valence-corrected chi connectivity index (χ2v) is 21.7. The molecule has 45 heteroatoms. The van der Waals surface area contributed by atoms with E-state index in [0.29, 0.717) is 29.2 Å². The molecule has 0 aliphatic rings. The number of aromatic nitrogens is 6. The molecule has 2 aromatic heterocycles. The van der Waals surface area contributed by atoms with Gasteiger partial charge in [-0.15, -0.1) is 0 Å². The molecule has 0 amide bonds. The van der Waals surface area contributed by atoms with Crippen molar-refractivity contribution in [2.24, 2.45) is 0 Å². The van der Waals surface area contributed by atoms with Crippen LogP contribution in [-0.2, 0) is 78.5 Å². The van der Waals surface area contributed by atoms with Gasteiger partial charge in [-0.1, -0.05) is 23.4 Å². The van der Waals surface area contributed by atoms with Crippen LogP contribution in [0.15, 0.2) is 102 Å². The molecule has 0 aliphatic carbocycles. The van der Waals surface area contributed by atoms with E-state index in [2.05, 4.69) is 64.6 Å². The monoisotopic (exact) mass is 1310 g/mol. The molecule has 0 aliphatic heterocycles. The van der Waals surface area contributed by atoms with Crippen molar-refractivity contribution in [2.75, 3.05) is 52.4 Å². The molecule has 410 valence electrons. The number of nitrogens with zero attached hydrogens (tertiary/aromatic N) is 8. The predicted octanol–water partition coefficient (Wildman–Crippen LogP) is -18.9. The third-order valence-corrected chi connectivity index (χ3v) is 14.5. The van der Waals surface area contributed by atoms with Gasteiger partial charge in [-0.2, -0.15) is 38.6 Å². The Hall–Kier alpha value is -0.160. The summed E-state index contributed by atoms with van der Waals surface area (Å²) in [5.74, 6) is -2.78. The third kappa shape index (κ3) is 24.3. The number of aryl methyl sites for hydroxylation is 2. The van der Waals surface area contributed by atoms with Gasteiger partial charge < -0.3 is 59.8 Å². The van der Waals surface area contributed by atoms with Crippen LogP contribution in [0.4, 0.5) is 46.8 Å². The van der Waals surface area contributed by atoms with E-state index in [-0.39, 0.29) is 255 Å². The average molecular weight is 1310 g/mol. The SMILES string of the molecule is O=S(=O)([O-])c1ccc(Nc2nc(Cc3ccc(CCc4ccc(Nc5nc(Nc6ccc(SOO[O-])cc6S(=O)(=O)[O-])nc(N(O)O)n5)cc4S(=O)(=O)[O-])c(SOO[O-])c3)nc(N(CCO)CCO)n2)c(S(=O)(=O)[O-])c1.[Na+].[Na+].[Na+].[Na+].[Na+].[Na+]. The number of nitrogens with one attached hydrogen (secondary N) is 3. The number of aliphatic hydroxyl groups is 2. The Labute approximate surface area is 607 Å². The molecule has 0 bridgehead atoms. The molecule has 4 aromatic carbocycles. The number of rotatable bonds is 27. The first-order valence-corrected chi connectivity index (χ1v) is 27.5. The Morgan fingerprint density at radius 1 is 0.524 bits per heavy atom. The van der Waals surface area contributed by atoms with Crippen molar-refractivity contribution in [3.8, 4) is 0 Å². The zero-order valence-corrected chi connectivity index (χ0v) is 60.4. The summed E-state index contributed by atoms with van der Waals surface area (Å²) in [7, 11) is -21.2. The second kappa shape index (κ2) is 37.1. The van der Waals surface area contributed by atoms with Crippen LogP contribution in [0.3, 0.4) is 0 Å². The summed E-state index contributed by atoms with van der Waals surface area (Å²) in [6.07, 6.45) is -0.418. The Bertz CT molecular complexity index is 3560. The molecule has 0 radical (unpaired) electrons. The summed E-state index contributed by atoms with van der Waals surface area (Å²) in [5, 5.41) is 73.7. The number of benzene rings is 4. The molecular weight excluding hydrogens is 1280 g/mol.